The monoisotopic (exact) mass is 467 g/mol. The summed E-state index contributed by atoms with van der Waals surface area (Å²) in [5.41, 5.74) is 0. The van der Waals surface area contributed by atoms with Crippen LogP contribution in [0.15, 0.2) is 23.2 Å². The Labute approximate surface area is 163 Å². The minimum absolute atomic E-state index is 0. The summed E-state index contributed by atoms with van der Waals surface area (Å²) in [6.45, 7) is 3.33. The highest BCUT2D eigenvalue weighted by molar-refractivity contribution is 14.0. The van der Waals surface area contributed by atoms with Crippen LogP contribution in [-0.2, 0) is 4.74 Å². The summed E-state index contributed by atoms with van der Waals surface area (Å²) >= 11 is 0. The first kappa shape index (κ1) is 20.2. The van der Waals surface area contributed by atoms with E-state index in [0.717, 1.165) is 31.9 Å². The van der Waals surface area contributed by atoms with Crippen molar-refractivity contribution in [3.8, 4) is 5.75 Å². The first-order valence-electron chi connectivity index (χ1n) is 8.44. The van der Waals surface area contributed by atoms with E-state index in [2.05, 4.69) is 15.6 Å². The van der Waals surface area contributed by atoms with Crippen molar-refractivity contribution in [1.29, 1.82) is 0 Å². The molecule has 1 aromatic carbocycles. The van der Waals surface area contributed by atoms with Gasteiger partial charge in [-0.2, -0.15) is 0 Å². The van der Waals surface area contributed by atoms with Crippen LogP contribution in [0.25, 0.3) is 0 Å². The van der Waals surface area contributed by atoms with E-state index in [1.807, 2.05) is 6.92 Å². The Kier molecular flexibility index (Phi) is 7.67. The van der Waals surface area contributed by atoms with Crippen LogP contribution in [0.5, 0.6) is 5.75 Å². The van der Waals surface area contributed by atoms with E-state index >= 15 is 0 Å². The molecule has 0 saturated carbocycles. The lowest BCUT2D eigenvalue weighted by molar-refractivity contribution is 0.0992. The van der Waals surface area contributed by atoms with E-state index in [1.54, 1.807) is 0 Å². The molecule has 3 unspecified atom stereocenters. The van der Waals surface area contributed by atoms with Gasteiger partial charge in [0, 0.05) is 12.6 Å². The minimum Gasteiger partial charge on any atom is -0.489 e. The Morgan fingerprint density at radius 3 is 2.84 bits per heavy atom. The molecule has 8 heteroatoms. The highest BCUT2D eigenvalue weighted by Gasteiger charge is 2.41. The van der Waals surface area contributed by atoms with Gasteiger partial charge in [-0.25, -0.2) is 13.8 Å². The van der Waals surface area contributed by atoms with Crippen LogP contribution in [0.3, 0.4) is 0 Å². The van der Waals surface area contributed by atoms with Crippen molar-refractivity contribution < 1.29 is 18.3 Å². The summed E-state index contributed by atoms with van der Waals surface area (Å²) in [6, 6.07) is 3.55. The molecule has 3 rings (SSSR count). The number of rotatable bonds is 6. The van der Waals surface area contributed by atoms with Gasteiger partial charge >= 0.3 is 0 Å². The SMILES string of the molecule is CCNC(=NCCOc1ccc(F)cc1F)NC1CC2CCC1O2.I. The molecular formula is C17H24F2IN3O2. The summed E-state index contributed by atoms with van der Waals surface area (Å²) in [6.07, 6.45) is 3.89. The molecule has 2 aliphatic heterocycles. The molecule has 0 radical (unpaired) electrons. The summed E-state index contributed by atoms with van der Waals surface area (Å²) in [4.78, 5) is 4.44. The molecule has 2 saturated heterocycles. The number of nitrogens with zero attached hydrogens (tertiary/aromatic N) is 1. The van der Waals surface area contributed by atoms with Gasteiger partial charge in [0.15, 0.2) is 17.5 Å². The second-order valence-corrected chi connectivity index (χ2v) is 6.04. The maximum Gasteiger partial charge on any atom is 0.191 e. The zero-order valence-corrected chi connectivity index (χ0v) is 16.5. The van der Waals surface area contributed by atoms with Gasteiger partial charge in [0.25, 0.3) is 0 Å². The van der Waals surface area contributed by atoms with Crippen molar-refractivity contribution in [3.05, 3.63) is 29.8 Å². The lowest BCUT2D eigenvalue weighted by Crippen LogP contribution is -2.47. The van der Waals surface area contributed by atoms with Crippen molar-refractivity contribution in [2.45, 2.75) is 44.4 Å². The van der Waals surface area contributed by atoms with E-state index in [0.29, 0.717) is 18.6 Å². The fraction of sp³-hybridized carbons (Fsp3) is 0.588. The average Bonchev–Trinajstić information content (AvgIpc) is 3.16. The first-order valence-corrected chi connectivity index (χ1v) is 8.44. The van der Waals surface area contributed by atoms with Crippen molar-refractivity contribution in [1.82, 2.24) is 10.6 Å². The topological polar surface area (TPSA) is 54.9 Å². The summed E-state index contributed by atoms with van der Waals surface area (Å²) < 4.78 is 37.5. The molecule has 5 nitrogen and oxygen atoms in total. The molecule has 25 heavy (non-hydrogen) atoms. The fourth-order valence-electron chi connectivity index (χ4n) is 3.19. The minimum atomic E-state index is -0.705. The second-order valence-electron chi connectivity index (χ2n) is 6.04. The molecule has 2 fully saturated rings. The van der Waals surface area contributed by atoms with Crippen LogP contribution in [0.4, 0.5) is 8.78 Å². The summed E-state index contributed by atoms with van der Waals surface area (Å²) in [7, 11) is 0. The molecule has 2 heterocycles. The normalized spacial score (nSPS) is 24.8. The predicted molar refractivity (Wildman–Crippen MR) is 103 cm³/mol. The van der Waals surface area contributed by atoms with Gasteiger partial charge in [-0.3, -0.25) is 0 Å². The Morgan fingerprint density at radius 2 is 2.20 bits per heavy atom. The Hall–Kier alpha value is -1.16. The third-order valence-corrected chi connectivity index (χ3v) is 4.29. The maximum absolute atomic E-state index is 13.5. The standard InChI is InChI=1S/C17H23F2N3O2.HI/c1-2-20-17(22-14-10-12-4-6-16(14)24-12)21-7-8-23-15-5-3-11(18)9-13(15)19;/h3,5,9,12,14,16H,2,4,6-8,10H2,1H3,(H2,20,21,22);1H. The molecule has 0 spiro atoms. The van der Waals surface area contributed by atoms with Crippen molar-refractivity contribution >= 4 is 29.9 Å². The number of hydrogen-bond donors (Lipinski definition) is 2. The lowest BCUT2D eigenvalue weighted by Gasteiger charge is -2.22. The third kappa shape index (κ3) is 5.40. The highest BCUT2D eigenvalue weighted by Crippen LogP contribution is 2.34. The van der Waals surface area contributed by atoms with E-state index < -0.39 is 11.6 Å². The number of fused-ring (bicyclic) bond motifs is 2. The Balaban J connectivity index is 0.00000225. The number of aliphatic imine (C=N–C) groups is 1. The van der Waals surface area contributed by atoms with Gasteiger partial charge in [-0.1, -0.05) is 0 Å². The lowest BCUT2D eigenvalue weighted by atomic mass is 9.96. The van der Waals surface area contributed by atoms with Gasteiger partial charge in [0.05, 0.1) is 24.8 Å². The van der Waals surface area contributed by atoms with Gasteiger partial charge in [-0.15, -0.1) is 24.0 Å². The maximum atomic E-state index is 13.5. The smallest absolute Gasteiger partial charge is 0.191 e. The third-order valence-electron chi connectivity index (χ3n) is 4.29. The van der Waals surface area contributed by atoms with E-state index in [1.165, 1.54) is 12.1 Å². The van der Waals surface area contributed by atoms with Crippen molar-refractivity contribution in [2.75, 3.05) is 19.7 Å². The summed E-state index contributed by atoms with van der Waals surface area (Å²) in [5.74, 6) is -0.583. The van der Waals surface area contributed by atoms with Crippen LogP contribution in [0.2, 0.25) is 0 Å². The number of hydrogen-bond acceptors (Lipinski definition) is 3. The quantitative estimate of drug-likeness (QED) is 0.293. The highest BCUT2D eigenvalue weighted by atomic mass is 127. The van der Waals surface area contributed by atoms with E-state index in [-0.39, 0.29) is 48.5 Å². The van der Waals surface area contributed by atoms with Gasteiger partial charge in [-0.05, 0) is 38.3 Å². The molecule has 140 valence electrons. The Bertz CT molecular complexity index is 603. The zero-order valence-electron chi connectivity index (χ0n) is 14.1. The Morgan fingerprint density at radius 1 is 1.36 bits per heavy atom. The molecular weight excluding hydrogens is 443 g/mol. The van der Waals surface area contributed by atoms with Crippen LogP contribution in [0.1, 0.15) is 26.2 Å². The van der Waals surface area contributed by atoms with Gasteiger partial charge in [0.2, 0.25) is 0 Å². The molecule has 0 amide bonds. The average molecular weight is 467 g/mol. The second kappa shape index (κ2) is 9.51. The van der Waals surface area contributed by atoms with E-state index in [4.69, 9.17) is 9.47 Å². The van der Waals surface area contributed by atoms with Crippen LogP contribution in [-0.4, -0.2) is 43.9 Å². The van der Waals surface area contributed by atoms with Gasteiger partial charge in [0.1, 0.15) is 12.4 Å². The number of ether oxygens (including phenoxy) is 2. The number of halogens is 3. The van der Waals surface area contributed by atoms with Crippen molar-refractivity contribution in [3.63, 3.8) is 0 Å². The van der Waals surface area contributed by atoms with Crippen molar-refractivity contribution in [2.24, 2.45) is 4.99 Å². The number of benzene rings is 1. The molecule has 2 bridgehead atoms. The molecule has 3 atom stereocenters. The number of nitrogens with one attached hydrogen (secondary N) is 2. The van der Waals surface area contributed by atoms with Crippen LogP contribution >= 0.6 is 24.0 Å². The summed E-state index contributed by atoms with van der Waals surface area (Å²) in [5, 5.41) is 6.59. The predicted octanol–water partition coefficient (Wildman–Crippen LogP) is 2.84. The first-order chi connectivity index (χ1) is 11.7. The van der Waals surface area contributed by atoms with Crippen LogP contribution < -0.4 is 15.4 Å². The molecule has 0 aromatic heterocycles. The molecule has 1 aromatic rings. The fourth-order valence-corrected chi connectivity index (χ4v) is 3.19. The molecule has 2 N–H and O–H groups in total. The van der Waals surface area contributed by atoms with Crippen LogP contribution in [0, 0.1) is 11.6 Å². The zero-order chi connectivity index (χ0) is 16.9. The number of guanidine groups is 1. The van der Waals surface area contributed by atoms with Gasteiger partial charge < -0.3 is 20.1 Å². The largest absolute Gasteiger partial charge is 0.489 e. The van der Waals surface area contributed by atoms with E-state index in [9.17, 15) is 8.78 Å². The molecule has 2 aliphatic rings. The molecule has 0 aliphatic carbocycles.